The van der Waals surface area contributed by atoms with Crippen LogP contribution in [0.25, 0.3) is 0 Å². The number of hydrogen-bond acceptors (Lipinski definition) is 4. The topological polar surface area (TPSA) is 66.6 Å². The minimum atomic E-state index is 0.283. The Morgan fingerprint density at radius 2 is 2.00 bits per heavy atom. The van der Waals surface area contributed by atoms with Crippen LogP contribution < -0.4 is 5.32 Å². The molecule has 0 amide bonds. The first kappa shape index (κ1) is 17.0. The fraction of sp³-hybridized carbons (Fsp3) is 0.471. The average molecular weight is 315 g/mol. The lowest BCUT2D eigenvalue weighted by Gasteiger charge is -2.17. The summed E-state index contributed by atoms with van der Waals surface area (Å²) in [6.07, 6.45) is 0.678. The van der Waals surface area contributed by atoms with Gasteiger partial charge in [-0.1, -0.05) is 49.3 Å². The molecule has 0 saturated heterocycles. The first-order valence-electron chi connectivity index (χ1n) is 7.88. The Bertz CT molecular complexity index is 619. The van der Waals surface area contributed by atoms with Gasteiger partial charge in [-0.2, -0.15) is 4.98 Å². The molecule has 6 nitrogen and oxygen atoms in total. The molecule has 6 heteroatoms. The normalized spacial score (nSPS) is 11.8. The molecule has 1 heterocycles. The summed E-state index contributed by atoms with van der Waals surface area (Å²) in [6.45, 7) is 5.45. The molecule has 0 spiro atoms. The number of hydrogen-bond donors (Lipinski definition) is 1. The van der Waals surface area contributed by atoms with Crippen molar-refractivity contribution in [1.82, 2.24) is 20.4 Å². The fourth-order valence-corrected chi connectivity index (χ4v) is 1.99. The highest BCUT2D eigenvalue weighted by atomic mass is 16.5. The third kappa shape index (κ3) is 5.39. The van der Waals surface area contributed by atoms with E-state index in [9.17, 15) is 0 Å². The summed E-state index contributed by atoms with van der Waals surface area (Å²) < 4.78 is 5.24. The molecule has 1 N–H and O–H groups in total. The lowest BCUT2D eigenvalue weighted by molar-refractivity contribution is 0.370. The number of benzene rings is 1. The zero-order valence-electron chi connectivity index (χ0n) is 14.3. The molecular weight excluding hydrogens is 290 g/mol. The van der Waals surface area contributed by atoms with Crippen molar-refractivity contribution >= 4 is 5.96 Å². The maximum Gasteiger partial charge on any atom is 0.228 e. The van der Waals surface area contributed by atoms with Crippen molar-refractivity contribution in [3.05, 3.63) is 47.6 Å². The van der Waals surface area contributed by atoms with Gasteiger partial charge in [0.05, 0.1) is 6.54 Å². The van der Waals surface area contributed by atoms with Crippen molar-refractivity contribution in [1.29, 1.82) is 0 Å². The van der Waals surface area contributed by atoms with Crippen LogP contribution in [-0.2, 0) is 13.0 Å². The largest absolute Gasteiger partial charge is 0.356 e. The summed E-state index contributed by atoms with van der Waals surface area (Å²) in [5.74, 6) is 2.54. The highest BCUT2D eigenvalue weighted by molar-refractivity contribution is 5.79. The van der Waals surface area contributed by atoms with E-state index >= 15 is 0 Å². The molecule has 0 unspecified atom stereocenters. The van der Waals surface area contributed by atoms with Gasteiger partial charge in [-0.15, -0.1) is 0 Å². The number of nitrogens with one attached hydrogen (secondary N) is 1. The summed E-state index contributed by atoms with van der Waals surface area (Å²) in [6, 6.07) is 10.2. The van der Waals surface area contributed by atoms with Crippen LogP contribution >= 0.6 is 0 Å². The van der Waals surface area contributed by atoms with E-state index in [4.69, 9.17) is 4.52 Å². The zero-order valence-corrected chi connectivity index (χ0v) is 14.3. The second-order valence-corrected chi connectivity index (χ2v) is 5.90. The third-order valence-electron chi connectivity index (χ3n) is 3.30. The van der Waals surface area contributed by atoms with Gasteiger partial charge in [0.2, 0.25) is 5.89 Å². The van der Waals surface area contributed by atoms with Crippen molar-refractivity contribution in [2.45, 2.75) is 32.7 Å². The molecule has 0 radical (unpaired) electrons. The Morgan fingerprint density at radius 3 is 2.61 bits per heavy atom. The standard InChI is InChI=1S/C17H25N5O/c1-13(2)16-20-15(23-21-16)10-11-18-17(22(3)4)19-12-14-8-6-5-7-9-14/h5-9,13H,10-12H2,1-4H3,(H,18,19). The summed E-state index contributed by atoms with van der Waals surface area (Å²) >= 11 is 0. The smallest absolute Gasteiger partial charge is 0.228 e. The predicted octanol–water partition coefficient (Wildman–Crippen LogP) is 2.44. The van der Waals surface area contributed by atoms with Crippen molar-refractivity contribution < 1.29 is 4.52 Å². The van der Waals surface area contributed by atoms with E-state index < -0.39 is 0 Å². The van der Waals surface area contributed by atoms with Gasteiger partial charge in [-0.05, 0) is 5.56 Å². The fourth-order valence-electron chi connectivity index (χ4n) is 1.99. The van der Waals surface area contributed by atoms with Crippen LogP contribution in [0.3, 0.4) is 0 Å². The number of aromatic nitrogens is 2. The van der Waals surface area contributed by atoms with Crippen LogP contribution in [0.5, 0.6) is 0 Å². The SMILES string of the molecule is CC(C)c1noc(CCNC(=NCc2ccccc2)N(C)C)n1. The molecule has 1 aromatic heterocycles. The molecule has 0 aliphatic heterocycles. The van der Waals surface area contributed by atoms with E-state index in [1.54, 1.807) is 0 Å². The Morgan fingerprint density at radius 1 is 1.26 bits per heavy atom. The Labute approximate surface area is 137 Å². The van der Waals surface area contributed by atoms with Crippen molar-refractivity contribution in [2.75, 3.05) is 20.6 Å². The molecule has 23 heavy (non-hydrogen) atoms. The van der Waals surface area contributed by atoms with E-state index in [0.29, 0.717) is 25.4 Å². The summed E-state index contributed by atoms with van der Waals surface area (Å²) in [4.78, 5) is 11.0. The average Bonchev–Trinajstić information content (AvgIpc) is 3.00. The van der Waals surface area contributed by atoms with Gasteiger partial charge >= 0.3 is 0 Å². The molecule has 0 aliphatic carbocycles. The number of aliphatic imine (C=N–C) groups is 1. The predicted molar refractivity (Wildman–Crippen MR) is 91.4 cm³/mol. The lowest BCUT2D eigenvalue weighted by atomic mass is 10.2. The van der Waals surface area contributed by atoms with Gasteiger partial charge in [0.25, 0.3) is 0 Å². The van der Waals surface area contributed by atoms with Crippen LogP contribution in [0.1, 0.15) is 37.0 Å². The van der Waals surface area contributed by atoms with E-state index in [-0.39, 0.29) is 5.92 Å². The summed E-state index contributed by atoms with van der Waals surface area (Å²) in [5, 5.41) is 7.29. The van der Waals surface area contributed by atoms with Gasteiger partial charge in [0, 0.05) is 33.0 Å². The monoisotopic (exact) mass is 315 g/mol. The van der Waals surface area contributed by atoms with Crippen molar-refractivity contribution in [2.24, 2.45) is 4.99 Å². The van der Waals surface area contributed by atoms with E-state index in [2.05, 4.69) is 32.6 Å². The highest BCUT2D eigenvalue weighted by Crippen LogP contribution is 2.09. The first-order valence-corrected chi connectivity index (χ1v) is 7.88. The lowest BCUT2D eigenvalue weighted by Crippen LogP contribution is -2.37. The maximum absolute atomic E-state index is 5.24. The van der Waals surface area contributed by atoms with Gasteiger partial charge in [-0.3, -0.25) is 0 Å². The van der Waals surface area contributed by atoms with Gasteiger partial charge in [-0.25, -0.2) is 4.99 Å². The van der Waals surface area contributed by atoms with E-state index in [1.165, 1.54) is 5.56 Å². The van der Waals surface area contributed by atoms with E-state index in [0.717, 1.165) is 11.8 Å². The second kappa shape index (κ2) is 8.31. The molecule has 2 aromatic rings. The molecule has 1 aromatic carbocycles. The van der Waals surface area contributed by atoms with Crippen LogP contribution in [0.2, 0.25) is 0 Å². The Hall–Kier alpha value is -2.37. The molecule has 0 aliphatic rings. The number of guanidine groups is 1. The Kier molecular flexibility index (Phi) is 6.14. The minimum Gasteiger partial charge on any atom is -0.356 e. The quantitative estimate of drug-likeness (QED) is 0.655. The van der Waals surface area contributed by atoms with Crippen LogP contribution in [-0.4, -0.2) is 41.6 Å². The summed E-state index contributed by atoms with van der Waals surface area (Å²) in [7, 11) is 3.95. The van der Waals surface area contributed by atoms with E-state index in [1.807, 2.05) is 51.0 Å². The van der Waals surface area contributed by atoms with Crippen LogP contribution in [0.15, 0.2) is 39.8 Å². The molecule has 0 fully saturated rings. The van der Waals surface area contributed by atoms with Gasteiger partial charge in [0.1, 0.15) is 0 Å². The van der Waals surface area contributed by atoms with Crippen molar-refractivity contribution in [3.63, 3.8) is 0 Å². The van der Waals surface area contributed by atoms with Crippen LogP contribution in [0.4, 0.5) is 0 Å². The number of rotatable bonds is 6. The molecule has 0 bridgehead atoms. The highest BCUT2D eigenvalue weighted by Gasteiger charge is 2.09. The van der Waals surface area contributed by atoms with Gasteiger partial charge in [0.15, 0.2) is 11.8 Å². The third-order valence-corrected chi connectivity index (χ3v) is 3.30. The van der Waals surface area contributed by atoms with Crippen LogP contribution in [0, 0.1) is 0 Å². The number of nitrogens with zero attached hydrogens (tertiary/aromatic N) is 4. The molecule has 0 atom stereocenters. The molecular formula is C17H25N5O. The minimum absolute atomic E-state index is 0.283. The summed E-state index contributed by atoms with van der Waals surface area (Å²) in [5.41, 5.74) is 1.19. The molecule has 124 valence electrons. The zero-order chi connectivity index (χ0) is 16.7. The second-order valence-electron chi connectivity index (χ2n) is 5.90. The van der Waals surface area contributed by atoms with Gasteiger partial charge < -0.3 is 14.7 Å². The van der Waals surface area contributed by atoms with Crippen molar-refractivity contribution in [3.8, 4) is 0 Å². The molecule has 0 saturated carbocycles. The Balaban J connectivity index is 1.86. The maximum atomic E-state index is 5.24. The first-order chi connectivity index (χ1) is 11.1. The molecule has 2 rings (SSSR count).